The van der Waals surface area contributed by atoms with Gasteiger partial charge in [-0.3, -0.25) is 4.79 Å². The highest BCUT2D eigenvalue weighted by atomic mass is 16.5. The molecule has 0 aliphatic heterocycles. The number of nitrogens with one attached hydrogen (secondary N) is 1. The molecule has 2 heterocycles. The molecular formula is C12H11N3O2. The summed E-state index contributed by atoms with van der Waals surface area (Å²) in [7, 11) is 1.56. The number of hydrogen-bond acceptors (Lipinski definition) is 5. The smallest absolute Gasteiger partial charge is 0.213 e. The number of aldehydes is 1. The number of hydrogen-bond donors (Lipinski definition) is 1. The Hall–Kier alpha value is -2.43. The summed E-state index contributed by atoms with van der Waals surface area (Å²) < 4.78 is 4.96. The van der Waals surface area contributed by atoms with E-state index in [1.54, 1.807) is 31.5 Å². The Morgan fingerprint density at radius 2 is 2.06 bits per heavy atom. The maximum absolute atomic E-state index is 10.5. The summed E-state index contributed by atoms with van der Waals surface area (Å²) in [4.78, 5) is 18.6. The maximum Gasteiger partial charge on any atom is 0.213 e. The van der Waals surface area contributed by atoms with Crippen LogP contribution in [-0.4, -0.2) is 23.4 Å². The van der Waals surface area contributed by atoms with Gasteiger partial charge in [0.2, 0.25) is 5.88 Å². The van der Waals surface area contributed by atoms with Gasteiger partial charge in [0.15, 0.2) is 6.29 Å². The highest BCUT2D eigenvalue weighted by Gasteiger charge is 1.98. The molecule has 0 spiro atoms. The van der Waals surface area contributed by atoms with Gasteiger partial charge in [0.25, 0.3) is 0 Å². The van der Waals surface area contributed by atoms with E-state index in [2.05, 4.69) is 15.3 Å². The molecule has 0 saturated carbocycles. The zero-order valence-electron chi connectivity index (χ0n) is 9.25. The van der Waals surface area contributed by atoms with E-state index in [4.69, 9.17) is 4.74 Å². The van der Waals surface area contributed by atoms with Gasteiger partial charge in [-0.25, -0.2) is 9.97 Å². The van der Waals surface area contributed by atoms with Crippen LogP contribution < -0.4 is 10.1 Å². The van der Waals surface area contributed by atoms with Crippen LogP contribution in [0.1, 0.15) is 10.4 Å². The molecule has 0 bridgehead atoms. The third-order valence-corrected chi connectivity index (χ3v) is 2.14. The first kappa shape index (κ1) is 11.1. The third kappa shape index (κ3) is 2.78. The molecule has 5 heteroatoms. The summed E-state index contributed by atoms with van der Waals surface area (Å²) in [5.41, 5.74) is 1.35. The van der Waals surface area contributed by atoms with Crippen LogP contribution in [0.4, 0.5) is 11.5 Å². The molecule has 0 aromatic carbocycles. The molecule has 2 aromatic heterocycles. The Labute approximate surface area is 98.5 Å². The molecule has 2 rings (SSSR count). The molecule has 86 valence electrons. The van der Waals surface area contributed by atoms with Gasteiger partial charge in [0.1, 0.15) is 5.82 Å². The number of carbonyl (C=O) groups is 1. The fraction of sp³-hybridized carbons (Fsp3) is 0.0833. The Balaban J connectivity index is 2.10. The summed E-state index contributed by atoms with van der Waals surface area (Å²) >= 11 is 0. The fourth-order valence-electron chi connectivity index (χ4n) is 1.27. The summed E-state index contributed by atoms with van der Waals surface area (Å²) in [6.07, 6.45) is 3.91. The molecule has 0 unspecified atom stereocenters. The minimum atomic E-state index is 0.545. The van der Waals surface area contributed by atoms with Gasteiger partial charge in [-0.15, -0.1) is 0 Å². The number of carbonyl (C=O) groups excluding carboxylic acids is 1. The molecule has 17 heavy (non-hydrogen) atoms. The number of pyridine rings is 2. The Bertz CT molecular complexity index is 494. The second kappa shape index (κ2) is 5.07. The van der Waals surface area contributed by atoms with Crippen LogP contribution >= 0.6 is 0 Å². The fourth-order valence-corrected chi connectivity index (χ4v) is 1.27. The van der Waals surface area contributed by atoms with Crippen molar-refractivity contribution in [2.75, 3.05) is 12.4 Å². The first-order valence-corrected chi connectivity index (χ1v) is 5.00. The lowest BCUT2D eigenvalue weighted by molar-refractivity contribution is 0.112. The largest absolute Gasteiger partial charge is 0.481 e. The Morgan fingerprint density at radius 1 is 1.18 bits per heavy atom. The maximum atomic E-state index is 10.5. The quantitative estimate of drug-likeness (QED) is 0.813. The molecule has 0 fully saturated rings. The predicted octanol–water partition coefficient (Wildman–Crippen LogP) is 2.04. The van der Waals surface area contributed by atoms with Crippen LogP contribution in [0.25, 0.3) is 0 Å². The van der Waals surface area contributed by atoms with E-state index >= 15 is 0 Å². The van der Waals surface area contributed by atoms with E-state index in [1.807, 2.05) is 6.07 Å². The van der Waals surface area contributed by atoms with Crippen LogP contribution in [0, 0.1) is 0 Å². The molecule has 1 N–H and O–H groups in total. The molecule has 0 radical (unpaired) electrons. The van der Waals surface area contributed by atoms with Crippen molar-refractivity contribution in [2.24, 2.45) is 0 Å². The molecule has 0 aliphatic carbocycles. The zero-order valence-corrected chi connectivity index (χ0v) is 9.25. The van der Waals surface area contributed by atoms with Crippen molar-refractivity contribution in [1.82, 2.24) is 9.97 Å². The SMILES string of the molecule is COc1ccc(Nc2ccc(C=O)cn2)cn1. The summed E-state index contributed by atoms with van der Waals surface area (Å²) in [5, 5.41) is 3.06. The van der Waals surface area contributed by atoms with Gasteiger partial charge < -0.3 is 10.1 Å². The molecule has 0 saturated heterocycles. The lowest BCUT2D eigenvalue weighted by atomic mass is 10.3. The van der Waals surface area contributed by atoms with Gasteiger partial charge in [-0.2, -0.15) is 0 Å². The van der Waals surface area contributed by atoms with Crippen LogP contribution in [0.2, 0.25) is 0 Å². The van der Waals surface area contributed by atoms with Crippen molar-refractivity contribution in [1.29, 1.82) is 0 Å². The van der Waals surface area contributed by atoms with Crippen LogP contribution in [-0.2, 0) is 0 Å². The molecule has 0 aliphatic rings. The number of anilines is 2. The topological polar surface area (TPSA) is 64.1 Å². The zero-order chi connectivity index (χ0) is 12.1. The van der Waals surface area contributed by atoms with Crippen molar-refractivity contribution in [3.63, 3.8) is 0 Å². The Kier molecular flexibility index (Phi) is 3.30. The van der Waals surface area contributed by atoms with E-state index in [9.17, 15) is 4.79 Å². The average Bonchev–Trinajstić information content (AvgIpc) is 2.40. The van der Waals surface area contributed by atoms with Crippen molar-refractivity contribution < 1.29 is 9.53 Å². The van der Waals surface area contributed by atoms with Gasteiger partial charge in [-0.05, 0) is 18.2 Å². The highest BCUT2D eigenvalue weighted by molar-refractivity contribution is 5.74. The van der Waals surface area contributed by atoms with Gasteiger partial charge in [0, 0.05) is 17.8 Å². The van der Waals surface area contributed by atoms with Crippen molar-refractivity contribution >= 4 is 17.8 Å². The first-order chi connectivity index (χ1) is 8.31. The lowest BCUT2D eigenvalue weighted by Crippen LogP contribution is -1.95. The van der Waals surface area contributed by atoms with E-state index in [-0.39, 0.29) is 0 Å². The van der Waals surface area contributed by atoms with Gasteiger partial charge in [-0.1, -0.05) is 0 Å². The summed E-state index contributed by atoms with van der Waals surface area (Å²) in [6.45, 7) is 0. The van der Waals surface area contributed by atoms with Crippen molar-refractivity contribution in [2.45, 2.75) is 0 Å². The normalized spacial score (nSPS) is 9.71. The summed E-state index contributed by atoms with van der Waals surface area (Å²) in [6, 6.07) is 7.01. The van der Waals surface area contributed by atoms with E-state index in [1.165, 1.54) is 6.20 Å². The minimum Gasteiger partial charge on any atom is -0.481 e. The second-order valence-corrected chi connectivity index (χ2v) is 3.31. The summed E-state index contributed by atoms with van der Waals surface area (Å²) in [5.74, 6) is 1.21. The first-order valence-electron chi connectivity index (χ1n) is 5.00. The van der Waals surface area contributed by atoms with Crippen molar-refractivity contribution in [3.05, 3.63) is 42.2 Å². The average molecular weight is 229 g/mol. The molecule has 0 atom stereocenters. The van der Waals surface area contributed by atoms with E-state index < -0.39 is 0 Å². The van der Waals surface area contributed by atoms with Gasteiger partial charge >= 0.3 is 0 Å². The van der Waals surface area contributed by atoms with E-state index in [0.717, 1.165) is 12.0 Å². The Morgan fingerprint density at radius 3 is 2.59 bits per heavy atom. The number of nitrogens with zero attached hydrogens (tertiary/aromatic N) is 2. The minimum absolute atomic E-state index is 0.545. The van der Waals surface area contributed by atoms with Crippen LogP contribution in [0.3, 0.4) is 0 Å². The molecular weight excluding hydrogens is 218 g/mol. The number of rotatable bonds is 4. The third-order valence-electron chi connectivity index (χ3n) is 2.14. The number of ether oxygens (including phenoxy) is 1. The molecule has 5 nitrogen and oxygen atoms in total. The van der Waals surface area contributed by atoms with Gasteiger partial charge in [0.05, 0.1) is 19.0 Å². The lowest BCUT2D eigenvalue weighted by Gasteiger charge is -2.05. The second-order valence-electron chi connectivity index (χ2n) is 3.31. The monoisotopic (exact) mass is 229 g/mol. The standard InChI is InChI=1S/C12H11N3O2/c1-17-12-5-3-10(7-14-12)15-11-4-2-9(8-16)6-13-11/h2-8H,1H3,(H,13,15). The number of aromatic nitrogens is 2. The highest BCUT2D eigenvalue weighted by Crippen LogP contribution is 2.15. The predicted molar refractivity (Wildman–Crippen MR) is 63.7 cm³/mol. The molecule has 0 amide bonds. The van der Waals surface area contributed by atoms with Crippen LogP contribution in [0.5, 0.6) is 5.88 Å². The van der Waals surface area contributed by atoms with Crippen LogP contribution in [0.15, 0.2) is 36.7 Å². The van der Waals surface area contributed by atoms with Crippen molar-refractivity contribution in [3.8, 4) is 5.88 Å². The van der Waals surface area contributed by atoms with E-state index in [0.29, 0.717) is 17.3 Å². The number of methoxy groups -OCH3 is 1. The molecule has 2 aromatic rings.